The molecule has 0 aromatic carbocycles. The van der Waals surface area contributed by atoms with Crippen LogP contribution < -0.4 is 10.7 Å². The van der Waals surface area contributed by atoms with Crippen molar-refractivity contribution in [3.8, 4) is 0 Å². The fraction of sp³-hybridized carbons (Fsp3) is 0.286. The van der Waals surface area contributed by atoms with Crippen LogP contribution >= 0.6 is 15.9 Å². The van der Waals surface area contributed by atoms with Crippen LogP contribution in [0.5, 0.6) is 0 Å². The Labute approximate surface area is 140 Å². The highest BCUT2D eigenvalue weighted by Crippen LogP contribution is 2.25. The van der Waals surface area contributed by atoms with Gasteiger partial charge in [-0.05, 0) is 22.9 Å². The SMILES string of the molecule is CCN1C(=O)C(Br)=C(Nc2c[nH]cc(C(=O)N(C)C)c2=O)C1=O. The molecule has 122 valence electrons. The van der Waals surface area contributed by atoms with E-state index >= 15 is 0 Å². The second-order valence-electron chi connectivity index (χ2n) is 4.98. The molecule has 23 heavy (non-hydrogen) atoms. The van der Waals surface area contributed by atoms with Gasteiger partial charge in [0.25, 0.3) is 17.7 Å². The van der Waals surface area contributed by atoms with E-state index in [1.807, 2.05) is 0 Å². The maximum atomic E-state index is 12.4. The Morgan fingerprint density at radius 3 is 2.43 bits per heavy atom. The summed E-state index contributed by atoms with van der Waals surface area (Å²) < 4.78 is 0.0492. The fourth-order valence-electron chi connectivity index (χ4n) is 2.05. The standard InChI is InChI=1S/C14H15BrN4O4/c1-4-19-13(22)9(15)10(14(19)23)17-8-6-16-5-7(11(8)20)12(21)18(2)3/h5-6,17H,4H2,1-3H3,(H,16,20). The Hall–Kier alpha value is -2.42. The first-order valence-electron chi connectivity index (χ1n) is 6.75. The van der Waals surface area contributed by atoms with Gasteiger partial charge in [-0.15, -0.1) is 0 Å². The van der Waals surface area contributed by atoms with Crippen molar-refractivity contribution in [1.82, 2.24) is 14.8 Å². The number of rotatable bonds is 4. The number of aromatic nitrogens is 1. The lowest BCUT2D eigenvalue weighted by Crippen LogP contribution is -2.33. The van der Waals surface area contributed by atoms with Gasteiger partial charge >= 0.3 is 0 Å². The molecule has 1 aliphatic rings. The summed E-state index contributed by atoms with van der Waals surface area (Å²) >= 11 is 3.06. The summed E-state index contributed by atoms with van der Waals surface area (Å²) in [5.41, 5.74) is -0.660. The topological polar surface area (TPSA) is 103 Å². The van der Waals surface area contributed by atoms with Gasteiger partial charge in [-0.25, -0.2) is 0 Å². The molecule has 1 aliphatic heterocycles. The second-order valence-corrected chi connectivity index (χ2v) is 5.77. The van der Waals surface area contributed by atoms with Crippen LogP contribution in [0.4, 0.5) is 5.69 Å². The van der Waals surface area contributed by atoms with Gasteiger partial charge < -0.3 is 15.2 Å². The Morgan fingerprint density at radius 1 is 1.26 bits per heavy atom. The number of carbonyl (C=O) groups excluding carboxylic acids is 3. The van der Waals surface area contributed by atoms with Crippen LogP contribution in [0.1, 0.15) is 17.3 Å². The first-order chi connectivity index (χ1) is 10.8. The van der Waals surface area contributed by atoms with Gasteiger partial charge in [0, 0.05) is 33.0 Å². The van der Waals surface area contributed by atoms with Crippen LogP contribution in [0.15, 0.2) is 27.4 Å². The minimum absolute atomic E-state index is 0.00348. The maximum absolute atomic E-state index is 12.4. The van der Waals surface area contributed by atoms with Crippen molar-refractivity contribution in [1.29, 1.82) is 0 Å². The number of halogens is 1. The minimum Gasteiger partial charge on any atom is -0.365 e. The zero-order valence-electron chi connectivity index (χ0n) is 12.8. The van der Waals surface area contributed by atoms with Gasteiger partial charge in [0.15, 0.2) is 0 Å². The highest BCUT2D eigenvalue weighted by molar-refractivity contribution is 9.12. The van der Waals surface area contributed by atoms with E-state index in [2.05, 4.69) is 26.2 Å². The van der Waals surface area contributed by atoms with Crippen molar-refractivity contribution in [2.24, 2.45) is 0 Å². The normalized spacial score (nSPS) is 14.5. The number of hydrogen-bond acceptors (Lipinski definition) is 5. The number of carbonyl (C=O) groups is 3. The molecule has 0 aliphatic carbocycles. The van der Waals surface area contributed by atoms with Crippen LogP contribution in [0.3, 0.4) is 0 Å². The molecular formula is C14H15BrN4O4. The van der Waals surface area contributed by atoms with Crippen molar-refractivity contribution >= 4 is 39.3 Å². The number of hydrogen-bond donors (Lipinski definition) is 2. The van der Waals surface area contributed by atoms with Crippen molar-refractivity contribution < 1.29 is 14.4 Å². The number of nitrogens with zero attached hydrogens (tertiary/aromatic N) is 2. The van der Waals surface area contributed by atoms with E-state index in [4.69, 9.17) is 0 Å². The van der Waals surface area contributed by atoms with E-state index in [-0.39, 0.29) is 28.0 Å². The third kappa shape index (κ3) is 2.91. The second kappa shape index (κ2) is 6.37. The number of anilines is 1. The fourth-order valence-corrected chi connectivity index (χ4v) is 2.54. The van der Waals surface area contributed by atoms with Crippen molar-refractivity contribution in [2.75, 3.05) is 26.0 Å². The number of H-pyrrole nitrogens is 1. The lowest BCUT2D eigenvalue weighted by molar-refractivity contribution is -0.136. The first-order valence-corrected chi connectivity index (χ1v) is 7.54. The van der Waals surface area contributed by atoms with Gasteiger partial charge in [-0.1, -0.05) is 0 Å². The first kappa shape index (κ1) is 16.9. The highest BCUT2D eigenvalue weighted by atomic mass is 79.9. The van der Waals surface area contributed by atoms with Gasteiger partial charge in [-0.2, -0.15) is 0 Å². The van der Waals surface area contributed by atoms with Crippen molar-refractivity contribution in [3.05, 3.63) is 38.4 Å². The van der Waals surface area contributed by atoms with Crippen LogP contribution in [0, 0.1) is 0 Å². The molecule has 0 saturated heterocycles. The molecule has 0 bridgehead atoms. The Balaban J connectivity index is 2.41. The summed E-state index contributed by atoms with van der Waals surface area (Å²) in [5, 5.41) is 2.64. The molecule has 3 amide bonds. The third-order valence-corrected chi connectivity index (χ3v) is 4.00. The van der Waals surface area contributed by atoms with E-state index in [1.54, 1.807) is 6.92 Å². The highest BCUT2D eigenvalue weighted by Gasteiger charge is 2.36. The molecule has 1 aromatic heterocycles. The lowest BCUT2D eigenvalue weighted by Gasteiger charge is -2.13. The number of amides is 3. The molecule has 0 atom stereocenters. The van der Waals surface area contributed by atoms with Gasteiger partial charge in [0.05, 0.1) is 0 Å². The van der Waals surface area contributed by atoms with Crippen LogP contribution in [-0.2, 0) is 9.59 Å². The Bertz CT molecular complexity index is 781. The van der Waals surface area contributed by atoms with Crippen molar-refractivity contribution in [3.63, 3.8) is 0 Å². The van der Waals surface area contributed by atoms with Gasteiger partial charge in [0.2, 0.25) is 5.43 Å². The molecule has 0 fully saturated rings. The Morgan fingerprint density at radius 2 is 1.91 bits per heavy atom. The molecule has 2 N–H and O–H groups in total. The summed E-state index contributed by atoms with van der Waals surface area (Å²) in [6.45, 7) is 1.88. The number of aromatic amines is 1. The van der Waals surface area contributed by atoms with Gasteiger partial charge in [0.1, 0.15) is 21.4 Å². The minimum atomic E-state index is -0.564. The molecule has 8 nitrogen and oxygen atoms in total. The van der Waals surface area contributed by atoms with E-state index in [9.17, 15) is 19.2 Å². The predicted octanol–water partition coefficient (Wildman–Crippen LogP) is 0.484. The number of imide groups is 1. The largest absolute Gasteiger partial charge is 0.365 e. The molecule has 2 rings (SSSR count). The van der Waals surface area contributed by atoms with Crippen LogP contribution in [-0.4, -0.2) is 53.1 Å². The molecular weight excluding hydrogens is 368 g/mol. The van der Waals surface area contributed by atoms with E-state index in [1.165, 1.54) is 31.4 Å². The van der Waals surface area contributed by atoms with Crippen molar-refractivity contribution in [2.45, 2.75) is 6.92 Å². The summed E-state index contributed by atoms with van der Waals surface area (Å²) in [6.07, 6.45) is 2.62. The third-order valence-electron chi connectivity index (χ3n) is 3.27. The quantitative estimate of drug-likeness (QED) is 0.737. The summed E-state index contributed by atoms with van der Waals surface area (Å²) in [4.78, 5) is 53.4. The molecule has 0 unspecified atom stereocenters. The van der Waals surface area contributed by atoms with Crippen LogP contribution in [0.25, 0.3) is 0 Å². The average molecular weight is 383 g/mol. The monoisotopic (exact) mass is 382 g/mol. The molecule has 0 saturated carbocycles. The average Bonchev–Trinajstić information content (AvgIpc) is 2.71. The Kier molecular flexibility index (Phi) is 4.69. The molecule has 9 heteroatoms. The zero-order chi connectivity index (χ0) is 17.3. The summed E-state index contributed by atoms with van der Waals surface area (Å²) in [7, 11) is 3.05. The molecule has 2 heterocycles. The molecule has 0 spiro atoms. The smallest absolute Gasteiger partial charge is 0.278 e. The molecule has 1 aromatic rings. The zero-order valence-corrected chi connectivity index (χ0v) is 14.4. The van der Waals surface area contributed by atoms with E-state index in [0.29, 0.717) is 0 Å². The van der Waals surface area contributed by atoms with Crippen LogP contribution in [0.2, 0.25) is 0 Å². The maximum Gasteiger partial charge on any atom is 0.278 e. The van der Waals surface area contributed by atoms with E-state index < -0.39 is 23.2 Å². The van der Waals surface area contributed by atoms with Gasteiger partial charge in [-0.3, -0.25) is 24.1 Å². The predicted molar refractivity (Wildman–Crippen MR) is 87.0 cm³/mol. The number of pyridine rings is 1. The lowest BCUT2D eigenvalue weighted by atomic mass is 10.2. The summed E-state index contributed by atoms with van der Waals surface area (Å²) in [6, 6.07) is 0. The molecule has 0 radical (unpaired) electrons. The summed E-state index contributed by atoms with van der Waals surface area (Å²) in [5.74, 6) is -1.47. The van der Waals surface area contributed by atoms with E-state index in [0.717, 1.165) is 4.90 Å². The number of nitrogens with one attached hydrogen (secondary N) is 2. The number of likely N-dealkylation sites (N-methyl/N-ethyl adjacent to an activating group) is 1.